The van der Waals surface area contributed by atoms with Gasteiger partial charge in [0.2, 0.25) is 10.0 Å². The molecule has 1 aliphatic rings. The van der Waals surface area contributed by atoms with E-state index in [-0.39, 0.29) is 11.0 Å². The Morgan fingerprint density at radius 2 is 1.87 bits per heavy atom. The van der Waals surface area contributed by atoms with E-state index in [0.717, 1.165) is 0 Å². The maximum atomic E-state index is 12.6. The summed E-state index contributed by atoms with van der Waals surface area (Å²) < 4.78 is 27.9. The first-order valence-electron chi connectivity index (χ1n) is 7.53. The van der Waals surface area contributed by atoms with E-state index in [2.05, 4.69) is 15.0 Å². The van der Waals surface area contributed by atoms with Crippen molar-refractivity contribution in [3.63, 3.8) is 0 Å². The van der Waals surface area contributed by atoms with Gasteiger partial charge >= 0.3 is 0 Å². The van der Waals surface area contributed by atoms with Gasteiger partial charge in [-0.3, -0.25) is 9.71 Å². The molecule has 23 heavy (non-hydrogen) atoms. The maximum absolute atomic E-state index is 12.6. The third-order valence-corrected chi connectivity index (χ3v) is 5.78. The highest BCUT2D eigenvalue weighted by atomic mass is 32.2. The van der Waals surface area contributed by atoms with Crippen LogP contribution >= 0.6 is 0 Å². The van der Waals surface area contributed by atoms with E-state index in [1.54, 1.807) is 24.3 Å². The SMILES string of the molecule is O=S(=O)(Nc1ccccc1-c1ccc(O)cn1)C1CCNCC1. The Morgan fingerprint density at radius 1 is 1.13 bits per heavy atom. The van der Waals surface area contributed by atoms with E-state index < -0.39 is 10.0 Å². The van der Waals surface area contributed by atoms with Gasteiger partial charge in [0, 0.05) is 5.56 Å². The molecule has 1 aromatic carbocycles. The van der Waals surface area contributed by atoms with E-state index in [1.807, 2.05) is 6.07 Å². The summed E-state index contributed by atoms with van der Waals surface area (Å²) in [6, 6.07) is 10.3. The zero-order chi connectivity index (χ0) is 16.3. The number of aromatic hydroxyl groups is 1. The quantitative estimate of drug-likeness (QED) is 0.795. The molecule has 1 saturated heterocycles. The lowest BCUT2D eigenvalue weighted by Gasteiger charge is -2.24. The summed E-state index contributed by atoms with van der Waals surface area (Å²) in [6.45, 7) is 1.43. The van der Waals surface area contributed by atoms with Crippen LogP contribution in [-0.2, 0) is 10.0 Å². The van der Waals surface area contributed by atoms with E-state index in [4.69, 9.17) is 0 Å². The van der Waals surface area contributed by atoms with Crippen molar-refractivity contribution in [2.75, 3.05) is 17.8 Å². The summed E-state index contributed by atoms with van der Waals surface area (Å²) in [5, 5.41) is 12.1. The fourth-order valence-corrected chi connectivity index (χ4v) is 4.19. The predicted octanol–water partition coefficient (Wildman–Crippen LogP) is 1.95. The Hall–Kier alpha value is -2.12. The monoisotopic (exact) mass is 333 g/mol. The summed E-state index contributed by atoms with van der Waals surface area (Å²) in [5.41, 5.74) is 1.79. The van der Waals surface area contributed by atoms with Gasteiger partial charge in [0.05, 0.1) is 22.8 Å². The van der Waals surface area contributed by atoms with Crippen LogP contribution in [0.4, 0.5) is 5.69 Å². The number of benzene rings is 1. The molecule has 1 fully saturated rings. The molecule has 2 aromatic rings. The van der Waals surface area contributed by atoms with Gasteiger partial charge in [0.1, 0.15) is 5.75 Å². The van der Waals surface area contributed by atoms with Crippen molar-refractivity contribution in [2.45, 2.75) is 18.1 Å². The first-order chi connectivity index (χ1) is 11.1. The largest absolute Gasteiger partial charge is 0.506 e. The van der Waals surface area contributed by atoms with Crippen LogP contribution in [0.5, 0.6) is 5.75 Å². The number of piperidine rings is 1. The highest BCUT2D eigenvalue weighted by molar-refractivity contribution is 7.93. The molecule has 3 N–H and O–H groups in total. The van der Waals surface area contributed by atoms with Crippen LogP contribution < -0.4 is 10.0 Å². The van der Waals surface area contributed by atoms with Gasteiger partial charge in [-0.2, -0.15) is 0 Å². The number of anilines is 1. The molecule has 0 amide bonds. The average molecular weight is 333 g/mol. The van der Waals surface area contributed by atoms with Crippen molar-refractivity contribution >= 4 is 15.7 Å². The van der Waals surface area contributed by atoms with Crippen molar-refractivity contribution < 1.29 is 13.5 Å². The van der Waals surface area contributed by atoms with Crippen LogP contribution in [0.25, 0.3) is 11.3 Å². The molecule has 1 aromatic heterocycles. The summed E-state index contributed by atoms with van der Waals surface area (Å²) in [4.78, 5) is 4.16. The summed E-state index contributed by atoms with van der Waals surface area (Å²) >= 11 is 0. The van der Waals surface area contributed by atoms with Crippen molar-refractivity contribution in [2.24, 2.45) is 0 Å². The summed E-state index contributed by atoms with van der Waals surface area (Å²) in [7, 11) is -3.44. The number of para-hydroxylation sites is 1. The Kier molecular flexibility index (Phi) is 4.49. The molecule has 0 radical (unpaired) electrons. The lowest BCUT2D eigenvalue weighted by atomic mass is 10.1. The minimum absolute atomic E-state index is 0.0708. The van der Waals surface area contributed by atoms with Crippen molar-refractivity contribution in [1.82, 2.24) is 10.3 Å². The fourth-order valence-electron chi connectivity index (χ4n) is 2.68. The lowest BCUT2D eigenvalue weighted by molar-refractivity contribution is 0.473. The van der Waals surface area contributed by atoms with Crippen LogP contribution in [0.2, 0.25) is 0 Å². The topological polar surface area (TPSA) is 91.3 Å². The molecule has 0 bridgehead atoms. The molecule has 6 nitrogen and oxygen atoms in total. The molecule has 122 valence electrons. The van der Waals surface area contributed by atoms with Gasteiger partial charge in [0.15, 0.2) is 0 Å². The lowest BCUT2D eigenvalue weighted by Crippen LogP contribution is -2.38. The van der Waals surface area contributed by atoms with Gasteiger partial charge < -0.3 is 10.4 Å². The average Bonchev–Trinajstić information content (AvgIpc) is 2.57. The molecule has 2 heterocycles. The molecule has 0 atom stereocenters. The van der Waals surface area contributed by atoms with Crippen molar-refractivity contribution in [3.8, 4) is 17.0 Å². The minimum Gasteiger partial charge on any atom is -0.506 e. The predicted molar refractivity (Wildman–Crippen MR) is 89.8 cm³/mol. The Morgan fingerprint density at radius 3 is 2.57 bits per heavy atom. The van der Waals surface area contributed by atoms with Gasteiger partial charge in [-0.1, -0.05) is 18.2 Å². The van der Waals surface area contributed by atoms with E-state index in [9.17, 15) is 13.5 Å². The summed E-state index contributed by atoms with van der Waals surface area (Å²) in [6.07, 6.45) is 2.55. The van der Waals surface area contributed by atoms with Gasteiger partial charge in [-0.05, 0) is 44.1 Å². The molecular weight excluding hydrogens is 314 g/mol. The molecule has 0 aliphatic carbocycles. The second kappa shape index (κ2) is 6.55. The number of hydrogen-bond donors (Lipinski definition) is 3. The first kappa shape index (κ1) is 15.8. The molecule has 0 spiro atoms. The molecule has 0 saturated carbocycles. The number of sulfonamides is 1. The first-order valence-corrected chi connectivity index (χ1v) is 9.08. The van der Waals surface area contributed by atoms with E-state index >= 15 is 0 Å². The third-order valence-electron chi connectivity index (χ3n) is 3.93. The number of pyridine rings is 1. The van der Waals surface area contributed by atoms with Crippen LogP contribution in [0.15, 0.2) is 42.6 Å². The zero-order valence-corrected chi connectivity index (χ0v) is 13.4. The molecule has 3 rings (SSSR count). The maximum Gasteiger partial charge on any atom is 0.235 e. The van der Waals surface area contributed by atoms with Crippen LogP contribution in [0.1, 0.15) is 12.8 Å². The fraction of sp³-hybridized carbons (Fsp3) is 0.312. The molecular formula is C16H19N3O3S. The van der Waals surface area contributed by atoms with Gasteiger partial charge in [-0.15, -0.1) is 0 Å². The second-order valence-corrected chi connectivity index (χ2v) is 7.50. The number of aromatic nitrogens is 1. The normalized spacial score (nSPS) is 16.2. The molecule has 1 aliphatic heterocycles. The number of nitrogens with one attached hydrogen (secondary N) is 2. The Balaban J connectivity index is 1.90. The van der Waals surface area contributed by atoms with Crippen molar-refractivity contribution in [1.29, 1.82) is 0 Å². The molecule has 0 unspecified atom stereocenters. The highest BCUT2D eigenvalue weighted by Gasteiger charge is 2.27. The van der Waals surface area contributed by atoms with Crippen molar-refractivity contribution in [3.05, 3.63) is 42.6 Å². The summed E-state index contributed by atoms with van der Waals surface area (Å²) in [5.74, 6) is 0.0708. The molecule has 7 heteroatoms. The number of hydrogen-bond acceptors (Lipinski definition) is 5. The number of nitrogens with zero attached hydrogens (tertiary/aromatic N) is 1. The second-order valence-electron chi connectivity index (χ2n) is 5.54. The minimum atomic E-state index is -3.44. The van der Waals surface area contributed by atoms with Crippen LogP contribution in [0.3, 0.4) is 0 Å². The number of rotatable bonds is 4. The third kappa shape index (κ3) is 3.62. The Bertz CT molecular complexity index is 769. The Labute approximate surface area is 135 Å². The van der Waals surface area contributed by atoms with Gasteiger partial charge in [-0.25, -0.2) is 8.42 Å². The van der Waals surface area contributed by atoms with Crippen LogP contribution in [0, 0.1) is 0 Å². The highest BCUT2D eigenvalue weighted by Crippen LogP contribution is 2.29. The van der Waals surface area contributed by atoms with E-state index in [0.29, 0.717) is 42.9 Å². The zero-order valence-electron chi connectivity index (χ0n) is 12.6. The van der Waals surface area contributed by atoms with Crippen LogP contribution in [-0.4, -0.2) is 36.8 Å². The smallest absolute Gasteiger partial charge is 0.235 e. The standard InChI is InChI=1S/C16H19N3O3S/c20-12-5-6-15(18-11-12)14-3-1-2-4-16(14)19-23(21,22)13-7-9-17-10-8-13/h1-6,11,13,17,19-20H,7-10H2. The van der Waals surface area contributed by atoms with E-state index in [1.165, 1.54) is 12.3 Å². The van der Waals surface area contributed by atoms with Gasteiger partial charge in [0.25, 0.3) is 0 Å².